The van der Waals surface area contributed by atoms with Crippen LogP contribution >= 0.6 is 0 Å². The van der Waals surface area contributed by atoms with Gasteiger partial charge >= 0.3 is 5.97 Å². The van der Waals surface area contributed by atoms with Crippen LogP contribution in [0.2, 0.25) is 0 Å². The molecule has 0 radical (unpaired) electrons. The van der Waals surface area contributed by atoms with E-state index in [4.69, 9.17) is 14.2 Å². The van der Waals surface area contributed by atoms with E-state index in [0.29, 0.717) is 32.5 Å². The van der Waals surface area contributed by atoms with Gasteiger partial charge in [-0.15, -0.1) is 0 Å². The molecule has 1 heterocycles. The maximum Gasteiger partial charge on any atom is 0.303 e. The summed E-state index contributed by atoms with van der Waals surface area (Å²) in [5, 5.41) is 11.5. The molecule has 0 amide bonds. The van der Waals surface area contributed by atoms with Crippen molar-refractivity contribution in [2.24, 2.45) is 28.6 Å². The van der Waals surface area contributed by atoms with Gasteiger partial charge in [0.15, 0.2) is 12.4 Å². The largest absolute Gasteiger partial charge is 0.458 e. The molecule has 4 aliphatic carbocycles. The molecule has 4 fully saturated rings. The number of carbonyl (C=O) groups is 3. The van der Waals surface area contributed by atoms with Crippen LogP contribution in [0.15, 0.2) is 11.6 Å². The Bertz CT molecular complexity index is 887. The molecule has 7 nitrogen and oxygen atoms in total. The van der Waals surface area contributed by atoms with E-state index in [9.17, 15) is 19.5 Å². The predicted molar refractivity (Wildman–Crippen MR) is 113 cm³/mol. The van der Waals surface area contributed by atoms with Gasteiger partial charge in [-0.2, -0.15) is 0 Å². The summed E-state index contributed by atoms with van der Waals surface area (Å²) in [7, 11) is 0. The highest BCUT2D eigenvalue weighted by molar-refractivity contribution is 5.93. The standard InChI is InChI=1S/C25H34O7/c1-15(26)30-14-20(28)25(29)7-6-18-17-5-4-16-12-24(31-10-11-32-24)9-8-22(16,2)21(17)19(27)13-23(18,25)3/h4,17-18,21,29H,5-14H2,1-3H3/t17-,18-,21+,22-,23+,25-/m1/s1. The first-order valence-corrected chi connectivity index (χ1v) is 11.9. The second-order valence-corrected chi connectivity index (χ2v) is 11.1. The minimum atomic E-state index is -1.64. The Morgan fingerprint density at radius 1 is 1.16 bits per heavy atom. The summed E-state index contributed by atoms with van der Waals surface area (Å²) in [5.41, 5.74) is -1.44. The zero-order valence-electron chi connectivity index (χ0n) is 19.3. The van der Waals surface area contributed by atoms with E-state index in [2.05, 4.69) is 13.0 Å². The lowest BCUT2D eigenvalue weighted by molar-refractivity contribution is -0.190. The van der Waals surface area contributed by atoms with E-state index in [1.807, 2.05) is 6.92 Å². The molecule has 0 aromatic heterocycles. The summed E-state index contributed by atoms with van der Waals surface area (Å²) < 4.78 is 16.8. The number of ether oxygens (including phenoxy) is 3. The second kappa shape index (κ2) is 7.21. The Balaban J connectivity index is 1.44. The minimum Gasteiger partial charge on any atom is -0.458 e. The van der Waals surface area contributed by atoms with Gasteiger partial charge < -0.3 is 19.3 Å². The minimum absolute atomic E-state index is 0.0703. The average Bonchev–Trinajstić information content (AvgIpc) is 3.29. The molecule has 5 rings (SSSR count). The van der Waals surface area contributed by atoms with E-state index in [-0.39, 0.29) is 35.4 Å². The lowest BCUT2D eigenvalue weighted by Crippen LogP contribution is -2.61. The molecule has 7 heteroatoms. The summed E-state index contributed by atoms with van der Waals surface area (Å²) >= 11 is 0. The lowest BCUT2D eigenvalue weighted by atomic mass is 9.46. The summed E-state index contributed by atoms with van der Waals surface area (Å²) in [6, 6.07) is 0. The van der Waals surface area contributed by atoms with Gasteiger partial charge in [0.1, 0.15) is 11.4 Å². The van der Waals surface area contributed by atoms with Crippen LogP contribution in [0.3, 0.4) is 0 Å². The lowest BCUT2D eigenvalue weighted by Gasteiger charge is -2.58. The fourth-order valence-corrected chi connectivity index (χ4v) is 7.93. The molecular formula is C25H34O7. The van der Waals surface area contributed by atoms with Crippen molar-refractivity contribution in [3.63, 3.8) is 0 Å². The topological polar surface area (TPSA) is 99.1 Å². The van der Waals surface area contributed by atoms with E-state index < -0.39 is 35.2 Å². The van der Waals surface area contributed by atoms with Crippen molar-refractivity contribution >= 4 is 17.5 Å². The van der Waals surface area contributed by atoms with Crippen molar-refractivity contribution in [1.29, 1.82) is 0 Å². The van der Waals surface area contributed by atoms with Crippen molar-refractivity contribution in [3.8, 4) is 0 Å². The number of esters is 1. The van der Waals surface area contributed by atoms with Gasteiger partial charge in [-0.3, -0.25) is 14.4 Å². The summed E-state index contributed by atoms with van der Waals surface area (Å²) in [5.74, 6) is -1.36. The summed E-state index contributed by atoms with van der Waals surface area (Å²) in [6.45, 7) is 6.14. The van der Waals surface area contributed by atoms with Crippen LogP contribution in [0.1, 0.15) is 65.7 Å². The van der Waals surface area contributed by atoms with Crippen LogP contribution in [0, 0.1) is 28.6 Å². The fourth-order valence-electron chi connectivity index (χ4n) is 7.93. The number of carbonyl (C=O) groups excluding carboxylic acids is 3. The maximum atomic E-state index is 13.7. The van der Waals surface area contributed by atoms with Crippen LogP contribution in [0.5, 0.6) is 0 Å². The normalized spacial score (nSPS) is 44.4. The Morgan fingerprint density at radius 3 is 2.56 bits per heavy atom. The molecule has 176 valence electrons. The maximum absolute atomic E-state index is 13.7. The van der Waals surface area contributed by atoms with Crippen LogP contribution < -0.4 is 0 Å². The van der Waals surface area contributed by atoms with Gasteiger partial charge in [0, 0.05) is 37.5 Å². The molecule has 0 bridgehead atoms. The molecule has 1 N–H and O–H groups in total. The Hall–Kier alpha value is -1.57. The zero-order valence-corrected chi connectivity index (χ0v) is 19.3. The van der Waals surface area contributed by atoms with E-state index in [0.717, 1.165) is 19.3 Å². The first kappa shape index (κ1) is 22.2. The van der Waals surface area contributed by atoms with Crippen molar-refractivity contribution in [1.82, 2.24) is 0 Å². The molecule has 5 aliphatic rings. The Morgan fingerprint density at radius 2 is 1.88 bits per heavy atom. The highest BCUT2D eigenvalue weighted by Crippen LogP contribution is 2.67. The van der Waals surface area contributed by atoms with Crippen LogP contribution in [-0.2, 0) is 28.6 Å². The highest BCUT2D eigenvalue weighted by atomic mass is 16.7. The number of aliphatic hydroxyl groups is 1. The van der Waals surface area contributed by atoms with E-state index in [1.54, 1.807) is 0 Å². The number of hydrogen-bond acceptors (Lipinski definition) is 7. The molecule has 1 saturated heterocycles. The van der Waals surface area contributed by atoms with Gasteiger partial charge in [0.2, 0.25) is 5.78 Å². The molecule has 1 aliphatic heterocycles. The van der Waals surface area contributed by atoms with Crippen LogP contribution in [-0.4, -0.2) is 53.9 Å². The van der Waals surface area contributed by atoms with Crippen molar-refractivity contribution in [3.05, 3.63) is 11.6 Å². The van der Waals surface area contributed by atoms with Crippen molar-refractivity contribution in [2.75, 3.05) is 19.8 Å². The molecule has 0 unspecified atom stereocenters. The molecule has 32 heavy (non-hydrogen) atoms. The van der Waals surface area contributed by atoms with Gasteiger partial charge in [0.05, 0.1) is 13.2 Å². The molecule has 3 saturated carbocycles. The van der Waals surface area contributed by atoms with Gasteiger partial charge in [0.25, 0.3) is 0 Å². The number of fused-ring (bicyclic) bond motifs is 5. The number of ketones is 2. The number of allylic oxidation sites excluding steroid dienone is 1. The van der Waals surface area contributed by atoms with E-state index >= 15 is 0 Å². The quantitative estimate of drug-likeness (QED) is 0.526. The molecule has 1 spiro atoms. The number of hydrogen-bond donors (Lipinski definition) is 1. The highest BCUT2D eigenvalue weighted by Gasteiger charge is 2.68. The zero-order chi connectivity index (χ0) is 22.9. The summed E-state index contributed by atoms with van der Waals surface area (Å²) in [6.07, 6.45) is 6.57. The predicted octanol–water partition coefficient (Wildman–Crippen LogP) is 2.73. The Labute approximate surface area is 188 Å². The molecule has 0 aromatic rings. The fraction of sp³-hybridized carbons (Fsp3) is 0.800. The third-order valence-electron chi connectivity index (χ3n) is 9.64. The first-order chi connectivity index (χ1) is 15.0. The summed E-state index contributed by atoms with van der Waals surface area (Å²) in [4.78, 5) is 37.9. The molecular weight excluding hydrogens is 412 g/mol. The smallest absolute Gasteiger partial charge is 0.303 e. The van der Waals surface area contributed by atoms with E-state index in [1.165, 1.54) is 12.5 Å². The third-order valence-corrected chi connectivity index (χ3v) is 9.64. The number of rotatable bonds is 3. The molecule has 6 atom stereocenters. The van der Waals surface area contributed by atoms with Crippen LogP contribution in [0.25, 0.3) is 0 Å². The molecule has 0 aromatic carbocycles. The average molecular weight is 447 g/mol. The van der Waals surface area contributed by atoms with Crippen molar-refractivity contribution < 1.29 is 33.7 Å². The first-order valence-electron chi connectivity index (χ1n) is 11.9. The Kier molecular flexibility index (Phi) is 5.01. The van der Waals surface area contributed by atoms with Gasteiger partial charge in [-0.25, -0.2) is 0 Å². The second-order valence-electron chi connectivity index (χ2n) is 11.1. The third kappa shape index (κ3) is 2.93. The van der Waals surface area contributed by atoms with Gasteiger partial charge in [-0.05, 0) is 42.9 Å². The monoisotopic (exact) mass is 446 g/mol. The number of Topliss-reactive ketones (excluding diaryl/α,β-unsaturated/α-hetero) is 2. The van der Waals surface area contributed by atoms with Gasteiger partial charge in [-0.1, -0.05) is 25.5 Å². The SMILES string of the molecule is CC(=O)OCC(=O)[C@]1(O)CC[C@@H]2[C@H]3CC=C4CC5(CC[C@@]4(C)[C@@H]3C(=O)C[C@@]21C)OCCO5. The van der Waals surface area contributed by atoms with Crippen molar-refractivity contribution in [2.45, 2.75) is 77.1 Å². The van der Waals surface area contributed by atoms with Crippen LogP contribution in [0.4, 0.5) is 0 Å².